The molecule has 1 unspecified atom stereocenters. The van der Waals surface area contributed by atoms with Gasteiger partial charge in [0.25, 0.3) is 0 Å². The molecule has 66 valence electrons. The van der Waals surface area contributed by atoms with E-state index in [1.165, 1.54) is 12.8 Å². The van der Waals surface area contributed by atoms with Crippen LogP contribution in [0.2, 0.25) is 0 Å². The topological polar surface area (TPSA) is 28.7 Å². The van der Waals surface area contributed by atoms with E-state index >= 15 is 0 Å². The van der Waals surface area contributed by atoms with Crippen LogP contribution in [0.4, 0.5) is 0 Å². The molecule has 1 aromatic rings. The van der Waals surface area contributed by atoms with Crippen molar-refractivity contribution in [1.29, 1.82) is 0 Å². The van der Waals surface area contributed by atoms with E-state index in [0.29, 0.717) is 0 Å². The Kier molecular flexibility index (Phi) is 2.35. The van der Waals surface area contributed by atoms with Gasteiger partial charge in [-0.05, 0) is 12.3 Å². The quantitative estimate of drug-likeness (QED) is 0.716. The molecule has 0 aliphatic heterocycles. The standard InChI is InChI=1S/C9H13ClN2/c10-8(5-7-1-2-7)6-9-11-3-4-12-9/h3-4,7-8H,1-2,5-6H2,(H,11,12). The van der Waals surface area contributed by atoms with Crippen molar-refractivity contribution in [3.63, 3.8) is 0 Å². The average molecular weight is 185 g/mol. The van der Waals surface area contributed by atoms with Crippen LogP contribution in [0.3, 0.4) is 0 Å². The molecule has 0 saturated heterocycles. The molecule has 1 saturated carbocycles. The summed E-state index contributed by atoms with van der Waals surface area (Å²) in [5.74, 6) is 1.91. The third kappa shape index (κ3) is 2.24. The molecule has 1 atom stereocenters. The highest BCUT2D eigenvalue weighted by atomic mass is 35.5. The minimum Gasteiger partial charge on any atom is -0.349 e. The summed E-state index contributed by atoms with van der Waals surface area (Å²) in [4.78, 5) is 7.21. The minimum absolute atomic E-state index is 0.267. The van der Waals surface area contributed by atoms with E-state index in [9.17, 15) is 0 Å². The second-order valence-electron chi connectivity index (χ2n) is 3.52. The number of nitrogens with one attached hydrogen (secondary N) is 1. The summed E-state index contributed by atoms with van der Waals surface area (Å²) in [6.07, 6.45) is 8.40. The number of hydrogen-bond acceptors (Lipinski definition) is 1. The second-order valence-corrected chi connectivity index (χ2v) is 4.13. The Balaban J connectivity index is 1.77. The average Bonchev–Trinajstić information content (AvgIpc) is 2.66. The number of aromatic nitrogens is 2. The molecule has 1 fully saturated rings. The van der Waals surface area contributed by atoms with Crippen LogP contribution in [0.5, 0.6) is 0 Å². The maximum absolute atomic E-state index is 6.15. The van der Waals surface area contributed by atoms with Gasteiger partial charge in [0, 0.05) is 24.2 Å². The Morgan fingerprint density at radius 2 is 2.50 bits per heavy atom. The van der Waals surface area contributed by atoms with E-state index in [0.717, 1.165) is 24.6 Å². The molecule has 12 heavy (non-hydrogen) atoms. The largest absolute Gasteiger partial charge is 0.349 e. The summed E-state index contributed by atoms with van der Waals surface area (Å²) < 4.78 is 0. The molecule has 0 spiro atoms. The molecule has 1 heterocycles. The molecule has 0 radical (unpaired) electrons. The van der Waals surface area contributed by atoms with E-state index < -0.39 is 0 Å². The van der Waals surface area contributed by atoms with Crippen molar-refractivity contribution in [2.45, 2.75) is 31.1 Å². The molecule has 2 rings (SSSR count). The summed E-state index contributed by atoms with van der Waals surface area (Å²) in [6.45, 7) is 0. The van der Waals surface area contributed by atoms with Crippen molar-refractivity contribution in [3.05, 3.63) is 18.2 Å². The molecule has 1 aliphatic rings. The molecule has 2 nitrogen and oxygen atoms in total. The van der Waals surface area contributed by atoms with Crippen LogP contribution in [0, 0.1) is 5.92 Å². The molecule has 0 amide bonds. The molecule has 0 bridgehead atoms. The molecular formula is C9H13ClN2. The van der Waals surface area contributed by atoms with Crippen molar-refractivity contribution in [2.75, 3.05) is 0 Å². The molecule has 3 heteroatoms. The van der Waals surface area contributed by atoms with Crippen LogP contribution in [0.15, 0.2) is 12.4 Å². The van der Waals surface area contributed by atoms with Gasteiger partial charge in [0.05, 0.1) is 0 Å². The maximum Gasteiger partial charge on any atom is 0.107 e. The van der Waals surface area contributed by atoms with Gasteiger partial charge in [-0.25, -0.2) is 4.98 Å². The third-order valence-corrected chi connectivity index (χ3v) is 2.59. The lowest BCUT2D eigenvalue weighted by Crippen LogP contribution is -2.05. The number of hydrogen-bond donors (Lipinski definition) is 1. The summed E-state index contributed by atoms with van der Waals surface area (Å²) in [6, 6.07) is 0. The fourth-order valence-electron chi connectivity index (χ4n) is 1.42. The van der Waals surface area contributed by atoms with E-state index in [2.05, 4.69) is 9.97 Å². The van der Waals surface area contributed by atoms with Crippen molar-refractivity contribution in [3.8, 4) is 0 Å². The zero-order chi connectivity index (χ0) is 8.39. The monoisotopic (exact) mass is 184 g/mol. The van der Waals surface area contributed by atoms with Crippen molar-refractivity contribution >= 4 is 11.6 Å². The summed E-state index contributed by atoms with van der Waals surface area (Å²) in [7, 11) is 0. The van der Waals surface area contributed by atoms with Gasteiger partial charge in [-0.3, -0.25) is 0 Å². The van der Waals surface area contributed by atoms with Crippen LogP contribution < -0.4 is 0 Å². The van der Waals surface area contributed by atoms with Gasteiger partial charge in [0.1, 0.15) is 5.82 Å². The Labute approximate surface area is 77.3 Å². The van der Waals surface area contributed by atoms with Crippen LogP contribution in [0.1, 0.15) is 25.1 Å². The van der Waals surface area contributed by atoms with E-state index in [-0.39, 0.29) is 5.38 Å². The first-order chi connectivity index (χ1) is 5.84. The van der Waals surface area contributed by atoms with Crippen LogP contribution in [0.25, 0.3) is 0 Å². The molecular weight excluding hydrogens is 172 g/mol. The number of aromatic amines is 1. The van der Waals surface area contributed by atoms with Gasteiger partial charge >= 0.3 is 0 Å². The van der Waals surface area contributed by atoms with E-state index in [1.54, 1.807) is 6.20 Å². The number of nitrogens with zero attached hydrogens (tertiary/aromatic N) is 1. The second kappa shape index (κ2) is 3.48. The first-order valence-corrected chi connectivity index (χ1v) is 4.90. The Hall–Kier alpha value is -0.500. The lowest BCUT2D eigenvalue weighted by molar-refractivity contribution is 0.662. The molecule has 1 aliphatic carbocycles. The highest BCUT2D eigenvalue weighted by Crippen LogP contribution is 2.35. The van der Waals surface area contributed by atoms with Crippen molar-refractivity contribution in [2.24, 2.45) is 5.92 Å². The van der Waals surface area contributed by atoms with Crippen molar-refractivity contribution in [1.82, 2.24) is 9.97 Å². The smallest absolute Gasteiger partial charge is 0.107 e. The Morgan fingerprint density at radius 3 is 3.08 bits per heavy atom. The van der Waals surface area contributed by atoms with Crippen molar-refractivity contribution < 1.29 is 0 Å². The zero-order valence-electron chi connectivity index (χ0n) is 6.96. The fraction of sp³-hybridized carbons (Fsp3) is 0.667. The molecule has 1 N–H and O–H groups in total. The Morgan fingerprint density at radius 1 is 1.67 bits per heavy atom. The lowest BCUT2D eigenvalue weighted by Gasteiger charge is -2.05. The summed E-state index contributed by atoms with van der Waals surface area (Å²) in [5.41, 5.74) is 0. The lowest BCUT2D eigenvalue weighted by atomic mass is 10.1. The predicted octanol–water partition coefficient (Wildman–Crippen LogP) is 2.36. The first kappa shape index (κ1) is 8.11. The summed E-state index contributed by atoms with van der Waals surface area (Å²) >= 11 is 6.15. The SMILES string of the molecule is ClC(Cc1ncc[nH]1)CC1CC1. The number of rotatable bonds is 4. The molecule has 1 aromatic heterocycles. The van der Waals surface area contributed by atoms with Gasteiger partial charge in [0.2, 0.25) is 0 Å². The maximum atomic E-state index is 6.15. The number of imidazole rings is 1. The minimum atomic E-state index is 0.267. The van der Waals surface area contributed by atoms with Crippen LogP contribution in [-0.2, 0) is 6.42 Å². The van der Waals surface area contributed by atoms with Gasteiger partial charge < -0.3 is 4.98 Å². The highest BCUT2D eigenvalue weighted by molar-refractivity contribution is 6.20. The normalized spacial score (nSPS) is 19.4. The summed E-state index contributed by atoms with van der Waals surface area (Å²) in [5, 5.41) is 0.267. The van der Waals surface area contributed by atoms with Gasteiger partial charge in [0.15, 0.2) is 0 Å². The van der Waals surface area contributed by atoms with Gasteiger partial charge in [-0.15, -0.1) is 11.6 Å². The van der Waals surface area contributed by atoms with Crippen LogP contribution >= 0.6 is 11.6 Å². The van der Waals surface area contributed by atoms with Gasteiger partial charge in [-0.1, -0.05) is 12.8 Å². The van der Waals surface area contributed by atoms with E-state index in [1.807, 2.05) is 6.20 Å². The first-order valence-electron chi connectivity index (χ1n) is 4.47. The number of H-pyrrole nitrogens is 1. The number of halogens is 1. The fourth-order valence-corrected chi connectivity index (χ4v) is 1.82. The predicted molar refractivity (Wildman–Crippen MR) is 49.3 cm³/mol. The highest BCUT2D eigenvalue weighted by Gasteiger charge is 2.24. The number of alkyl halides is 1. The van der Waals surface area contributed by atoms with Gasteiger partial charge in [-0.2, -0.15) is 0 Å². The van der Waals surface area contributed by atoms with Crippen LogP contribution in [-0.4, -0.2) is 15.3 Å². The molecule has 0 aromatic carbocycles. The Bertz CT molecular complexity index is 229. The van der Waals surface area contributed by atoms with E-state index in [4.69, 9.17) is 11.6 Å². The zero-order valence-corrected chi connectivity index (χ0v) is 7.72. The third-order valence-electron chi connectivity index (χ3n) is 2.26.